The van der Waals surface area contributed by atoms with E-state index < -0.39 is 11.9 Å². The second-order valence-electron chi connectivity index (χ2n) is 3.82. The second-order valence-corrected chi connectivity index (χ2v) is 5.06. The van der Waals surface area contributed by atoms with E-state index >= 15 is 0 Å². The van der Waals surface area contributed by atoms with Crippen molar-refractivity contribution in [1.82, 2.24) is 4.98 Å². The molecule has 0 fully saturated rings. The fraction of sp³-hybridized carbons (Fsp3) is 0. The molecule has 0 aliphatic heterocycles. The number of aromatic carboxylic acids is 1. The predicted octanol–water partition coefficient (Wildman–Crippen LogP) is 3.45. The number of pyridine rings is 1. The van der Waals surface area contributed by atoms with Gasteiger partial charge < -0.3 is 10.4 Å². The lowest BCUT2D eigenvalue weighted by Crippen LogP contribution is -2.13. The molecule has 0 unspecified atom stereocenters. The Morgan fingerprint density at radius 3 is 2.75 bits per heavy atom. The SMILES string of the molecule is O=C(O)c1cncc(NC(=O)c2cccc(Br)c2Cl)c1. The number of amides is 1. The van der Waals surface area contributed by atoms with Gasteiger partial charge in [0.15, 0.2) is 0 Å². The number of halogens is 2. The number of hydrogen-bond acceptors (Lipinski definition) is 3. The van der Waals surface area contributed by atoms with Crippen LogP contribution >= 0.6 is 27.5 Å². The van der Waals surface area contributed by atoms with Gasteiger partial charge in [-0.05, 0) is 34.1 Å². The molecule has 7 heteroatoms. The minimum Gasteiger partial charge on any atom is -0.478 e. The summed E-state index contributed by atoms with van der Waals surface area (Å²) in [5.74, 6) is -1.56. The second kappa shape index (κ2) is 6.02. The van der Waals surface area contributed by atoms with Crippen LogP contribution in [0.2, 0.25) is 5.02 Å². The van der Waals surface area contributed by atoms with Crippen molar-refractivity contribution in [3.63, 3.8) is 0 Å². The minimum absolute atomic E-state index is 0.0110. The molecule has 20 heavy (non-hydrogen) atoms. The number of aromatic nitrogens is 1. The van der Waals surface area contributed by atoms with Gasteiger partial charge in [0.1, 0.15) is 0 Å². The molecule has 1 aromatic heterocycles. The van der Waals surface area contributed by atoms with E-state index in [2.05, 4.69) is 26.2 Å². The zero-order valence-electron chi connectivity index (χ0n) is 9.93. The van der Waals surface area contributed by atoms with Crippen LogP contribution in [0.25, 0.3) is 0 Å². The molecule has 0 bridgehead atoms. The van der Waals surface area contributed by atoms with E-state index in [1.54, 1.807) is 18.2 Å². The number of benzene rings is 1. The lowest BCUT2D eigenvalue weighted by Gasteiger charge is -2.07. The Balaban J connectivity index is 2.26. The van der Waals surface area contributed by atoms with Crippen molar-refractivity contribution in [3.05, 3.63) is 57.3 Å². The van der Waals surface area contributed by atoms with Gasteiger partial charge in [-0.2, -0.15) is 0 Å². The summed E-state index contributed by atoms with van der Waals surface area (Å²) in [5, 5.41) is 11.7. The summed E-state index contributed by atoms with van der Waals surface area (Å²) >= 11 is 9.25. The molecule has 0 aliphatic rings. The third-order valence-electron chi connectivity index (χ3n) is 2.44. The van der Waals surface area contributed by atoms with Crippen molar-refractivity contribution in [3.8, 4) is 0 Å². The largest absolute Gasteiger partial charge is 0.478 e. The zero-order valence-corrected chi connectivity index (χ0v) is 12.3. The summed E-state index contributed by atoms with van der Waals surface area (Å²) in [4.78, 5) is 26.7. The molecule has 0 saturated heterocycles. The van der Waals surface area contributed by atoms with Gasteiger partial charge in [0.05, 0.1) is 28.0 Å². The Morgan fingerprint density at radius 2 is 2.05 bits per heavy atom. The minimum atomic E-state index is -1.12. The number of anilines is 1. The summed E-state index contributed by atoms with van der Waals surface area (Å²) in [6, 6.07) is 6.28. The number of nitrogens with one attached hydrogen (secondary N) is 1. The standard InChI is InChI=1S/C13H8BrClN2O3/c14-10-3-1-2-9(11(10)15)12(18)17-8-4-7(13(19)20)5-16-6-8/h1-6H,(H,17,18)(H,19,20). The van der Waals surface area contributed by atoms with E-state index in [1.165, 1.54) is 18.5 Å². The molecule has 0 radical (unpaired) electrons. The number of nitrogens with zero attached hydrogens (tertiary/aromatic N) is 1. The van der Waals surface area contributed by atoms with E-state index in [1.807, 2.05) is 0 Å². The molecule has 1 amide bonds. The third-order valence-corrected chi connectivity index (χ3v) is 3.74. The zero-order chi connectivity index (χ0) is 14.7. The maximum absolute atomic E-state index is 12.1. The Hall–Kier alpha value is -1.92. The van der Waals surface area contributed by atoms with Crippen LogP contribution in [0, 0.1) is 0 Å². The summed E-state index contributed by atoms with van der Waals surface area (Å²) in [6.07, 6.45) is 2.56. The average Bonchev–Trinajstić information content (AvgIpc) is 2.42. The summed E-state index contributed by atoms with van der Waals surface area (Å²) in [6.45, 7) is 0. The number of hydrogen-bond donors (Lipinski definition) is 2. The fourth-order valence-electron chi connectivity index (χ4n) is 1.50. The van der Waals surface area contributed by atoms with Crippen molar-refractivity contribution in [1.29, 1.82) is 0 Å². The van der Waals surface area contributed by atoms with Crippen molar-refractivity contribution in [2.24, 2.45) is 0 Å². The first kappa shape index (κ1) is 14.5. The molecule has 2 aromatic rings. The third kappa shape index (κ3) is 3.15. The number of rotatable bonds is 3. The van der Waals surface area contributed by atoms with Gasteiger partial charge >= 0.3 is 5.97 Å². The highest BCUT2D eigenvalue weighted by Gasteiger charge is 2.13. The lowest BCUT2D eigenvalue weighted by atomic mass is 10.2. The maximum atomic E-state index is 12.1. The predicted molar refractivity (Wildman–Crippen MR) is 78.3 cm³/mol. The molecule has 2 rings (SSSR count). The number of carbonyl (C=O) groups excluding carboxylic acids is 1. The first-order valence-electron chi connectivity index (χ1n) is 5.42. The van der Waals surface area contributed by atoms with Crippen LogP contribution in [-0.2, 0) is 0 Å². The highest BCUT2D eigenvalue weighted by Crippen LogP contribution is 2.26. The van der Waals surface area contributed by atoms with E-state index in [9.17, 15) is 9.59 Å². The van der Waals surface area contributed by atoms with Crippen LogP contribution in [0.3, 0.4) is 0 Å². The van der Waals surface area contributed by atoms with Crippen molar-refractivity contribution in [2.45, 2.75) is 0 Å². The highest BCUT2D eigenvalue weighted by molar-refractivity contribution is 9.10. The van der Waals surface area contributed by atoms with Crippen LogP contribution in [0.5, 0.6) is 0 Å². The molecule has 5 nitrogen and oxygen atoms in total. The van der Waals surface area contributed by atoms with Gasteiger partial charge in [-0.3, -0.25) is 9.78 Å². The van der Waals surface area contributed by atoms with Gasteiger partial charge in [0, 0.05) is 10.7 Å². The normalized spacial score (nSPS) is 10.1. The topological polar surface area (TPSA) is 79.3 Å². The summed E-state index contributed by atoms with van der Waals surface area (Å²) in [5.41, 5.74) is 0.552. The Labute approximate surface area is 127 Å². The van der Waals surface area contributed by atoms with E-state index in [-0.39, 0.29) is 21.8 Å². The molecule has 102 valence electrons. The van der Waals surface area contributed by atoms with Gasteiger partial charge in [-0.1, -0.05) is 17.7 Å². The van der Waals surface area contributed by atoms with Crippen LogP contribution in [0.15, 0.2) is 41.1 Å². The molecule has 0 atom stereocenters. The van der Waals surface area contributed by atoms with Gasteiger partial charge in [0.25, 0.3) is 5.91 Å². The Morgan fingerprint density at radius 1 is 1.30 bits per heavy atom. The smallest absolute Gasteiger partial charge is 0.337 e. The van der Waals surface area contributed by atoms with E-state index in [4.69, 9.17) is 16.7 Å². The monoisotopic (exact) mass is 354 g/mol. The molecule has 2 N–H and O–H groups in total. The Kier molecular flexibility index (Phi) is 4.36. The molecule has 0 aliphatic carbocycles. The molecular weight excluding hydrogens is 348 g/mol. The number of carboxylic acids is 1. The van der Waals surface area contributed by atoms with Crippen LogP contribution in [0.4, 0.5) is 5.69 Å². The summed E-state index contributed by atoms with van der Waals surface area (Å²) in [7, 11) is 0. The quantitative estimate of drug-likeness (QED) is 0.884. The number of carboxylic acid groups (broad SMARTS) is 1. The van der Waals surface area contributed by atoms with Gasteiger partial charge in [0.2, 0.25) is 0 Å². The first-order valence-corrected chi connectivity index (χ1v) is 6.60. The fourth-order valence-corrected chi connectivity index (χ4v) is 2.08. The van der Waals surface area contributed by atoms with Crippen LogP contribution in [-0.4, -0.2) is 22.0 Å². The molecular formula is C13H8BrClN2O3. The lowest BCUT2D eigenvalue weighted by molar-refractivity contribution is 0.0696. The van der Waals surface area contributed by atoms with Crippen molar-refractivity contribution >= 4 is 45.1 Å². The molecule has 0 saturated carbocycles. The summed E-state index contributed by atoms with van der Waals surface area (Å²) < 4.78 is 0.601. The highest BCUT2D eigenvalue weighted by atomic mass is 79.9. The van der Waals surface area contributed by atoms with Gasteiger partial charge in [-0.15, -0.1) is 0 Å². The van der Waals surface area contributed by atoms with Gasteiger partial charge in [-0.25, -0.2) is 4.79 Å². The average molecular weight is 356 g/mol. The molecule has 1 heterocycles. The molecule has 1 aromatic carbocycles. The molecule has 0 spiro atoms. The number of carbonyl (C=O) groups is 2. The maximum Gasteiger partial charge on any atom is 0.337 e. The van der Waals surface area contributed by atoms with Crippen LogP contribution in [0.1, 0.15) is 20.7 Å². The Bertz CT molecular complexity index is 691. The van der Waals surface area contributed by atoms with E-state index in [0.717, 1.165) is 0 Å². The van der Waals surface area contributed by atoms with Crippen molar-refractivity contribution < 1.29 is 14.7 Å². The van der Waals surface area contributed by atoms with E-state index in [0.29, 0.717) is 4.47 Å². The van der Waals surface area contributed by atoms with Crippen molar-refractivity contribution in [2.75, 3.05) is 5.32 Å². The first-order chi connectivity index (χ1) is 9.49. The van der Waals surface area contributed by atoms with Crippen LogP contribution < -0.4 is 5.32 Å².